The number of halogens is 2. The van der Waals surface area contributed by atoms with Crippen LogP contribution >= 0.6 is 27.5 Å². The highest BCUT2D eigenvalue weighted by atomic mass is 79.9. The Balaban J connectivity index is 2.21. The monoisotopic (exact) mass is 376 g/mol. The van der Waals surface area contributed by atoms with Crippen LogP contribution in [-0.4, -0.2) is 31.6 Å². The maximum Gasteiger partial charge on any atom is 0.305 e. The van der Waals surface area contributed by atoms with E-state index in [2.05, 4.69) is 26.6 Å². The van der Waals surface area contributed by atoms with Gasteiger partial charge in [-0.15, -0.1) is 0 Å². The van der Waals surface area contributed by atoms with Crippen LogP contribution in [0, 0.1) is 0 Å². The van der Waals surface area contributed by atoms with E-state index in [1.54, 1.807) is 25.1 Å². The number of hydrogen-bond acceptors (Lipinski definition) is 4. The summed E-state index contributed by atoms with van der Waals surface area (Å²) in [6, 6.07) is 5.24. The SMILES string of the molecule is CCOC(=O)CCCNCC(=O)Nc1ccc(Br)cc1Cl. The van der Waals surface area contributed by atoms with Crippen LogP contribution in [0.25, 0.3) is 0 Å². The molecule has 0 saturated heterocycles. The van der Waals surface area contributed by atoms with Crippen LogP contribution in [-0.2, 0) is 14.3 Å². The molecule has 5 nitrogen and oxygen atoms in total. The highest BCUT2D eigenvalue weighted by Crippen LogP contribution is 2.25. The lowest BCUT2D eigenvalue weighted by Crippen LogP contribution is -2.29. The molecule has 0 aliphatic rings. The van der Waals surface area contributed by atoms with Crippen molar-refractivity contribution in [3.05, 3.63) is 27.7 Å². The molecule has 0 saturated carbocycles. The average molecular weight is 378 g/mol. The van der Waals surface area contributed by atoms with Crippen LogP contribution < -0.4 is 10.6 Å². The third-order valence-corrected chi connectivity index (χ3v) is 3.34. The molecule has 1 aromatic rings. The van der Waals surface area contributed by atoms with Gasteiger partial charge in [-0.1, -0.05) is 27.5 Å². The summed E-state index contributed by atoms with van der Waals surface area (Å²) < 4.78 is 5.66. The summed E-state index contributed by atoms with van der Waals surface area (Å²) in [5, 5.41) is 6.15. The van der Waals surface area contributed by atoms with E-state index in [4.69, 9.17) is 16.3 Å². The zero-order valence-electron chi connectivity index (χ0n) is 11.7. The third kappa shape index (κ3) is 7.45. The van der Waals surface area contributed by atoms with Crippen LogP contribution in [0.2, 0.25) is 5.02 Å². The standard InChI is InChI=1S/C14H18BrClN2O3/c1-2-21-14(20)4-3-7-17-9-13(19)18-12-6-5-10(15)8-11(12)16/h5-6,8,17H,2-4,7,9H2,1H3,(H,18,19). The number of carbonyl (C=O) groups is 2. The number of esters is 1. The molecule has 0 fully saturated rings. The van der Waals surface area contributed by atoms with E-state index in [1.165, 1.54) is 0 Å². The average Bonchev–Trinajstić information content (AvgIpc) is 2.42. The van der Waals surface area contributed by atoms with Gasteiger partial charge in [-0.2, -0.15) is 0 Å². The maximum absolute atomic E-state index is 11.7. The van der Waals surface area contributed by atoms with Gasteiger partial charge in [0.25, 0.3) is 0 Å². The van der Waals surface area contributed by atoms with Crippen LogP contribution in [0.3, 0.4) is 0 Å². The third-order valence-electron chi connectivity index (χ3n) is 2.53. The topological polar surface area (TPSA) is 67.4 Å². The molecule has 0 spiro atoms. The highest BCUT2D eigenvalue weighted by Gasteiger charge is 2.06. The van der Waals surface area contributed by atoms with Crippen molar-refractivity contribution in [1.82, 2.24) is 5.32 Å². The molecule has 1 rings (SSSR count). The number of ether oxygens (including phenoxy) is 1. The Morgan fingerprint density at radius 3 is 2.81 bits per heavy atom. The first-order chi connectivity index (χ1) is 10.0. The van der Waals surface area contributed by atoms with Crippen molar-refractivity contribution in [3.63, 3.8) is 0 Å². The highest BCUT2D eigenvalue weighted by molar-refractivity contribution is 9.10. The van der Waals surface area contributed by atoms with Gasteiger partial charge in [-0.25, -0.2) is 0 Å². The van der Waals surface area contributed by atoms with Gasteiger partial charge in [0.15, 0.2) is 0 Å². The molecular formula is C14H18BrClN2O3. The van der Waals surface area contributed by atoms with Gasteiger partial charge in [0, 0.05) is 10.9 Å². The molecule has 0 atom stereocenters. The van der Waals surface area contributed by atoms with E-state index in [0.29, 0.717) is 36.7 Å². The van der Waals surface area contributed by atoms with E-state index in [9.17, 15) is 9.59 Å². The molecule has 2 N–H and O–H groups in total. The molecule has 0 aliphatic carbocycles. The lowest BCUT2D eigenvalue weighted by atomic mass is 10.3. The fourth-order valence-electron chi connectivity index (χ4n) is 1.58. The summed E-state index contributed by atoms with van der Waals surface area (Å²) in [7, 11) is 0. The molecule has 0 aliphatic heterocycles. The summed E-state index contributed by atoms with van der Waals surface area (Å²) in [4.78, 5) is 22.8. The van der Waals surface area contributed by atoms with Crippen molar-refractivity contribution < 1.29 is 14.3 Å². The number of nitrogens with one attached hydrogen (secondary N) is 2. The van der Waals surface area contributed by atoms with Crippen molar-refractivity contribution >= 4 is 45.1 Å². The van der Waals surface area contributed by atoms with Crippen LogP contribution in [0.4, 0.5) is 5.69 Å². The van der Waals surface area contributed by atoms with E-state index in [1.807, 2.05) is 0 Å². The number of benzene rings is 1. The van der Waals surface area contributed by atoms with E-state index >= 15 is 0 Å². The quantitative estimate of drug-likeness (QED) is 0.540. The smallest absolute Gasteiger partial charge is 0.305 e. The van der Waals surface area contributed by atoms with Gasteiger partial charge in [0.2, 0.25) is 5.91 Å². The first-order valence-corrected chi connectivity index (χ1v) is 7.81. The largest absolute Gasteiger partial charge is 0.466 e. The second-order valence-electron chi connectivity index (χ2n) is 4.26. The molecule has 0 bridgehead atoms. The number of carbonyl (C=O) groups excluding carboxylic acids is 2. The maximum atomic E-state index is 11.7. The first kappa shape index (κ1) is 17.9. The van der Waals surface area contributed by atoms with E-state index < -0.39 is 0 Å². The number of hydrogen-bond donors (Lipinski definition) is 2. The molecule has 0 aromatic heterocycles. The minimum absolute atomic E-state index is 0.162. The van der Waals surface area contributed by atoms with E-state index in [0.717, 1.165) is 4.47 Å². The van der Waals surface area contributed by atoms with Crippen molar-refractivity contribution in [2.24, 2.45) is 0 Å². The molecule has 21 heavy (non-hydrogen) atoms. The van der Waals surface area contributed by atoms with E-state index in [-0.39, 0.29) is 18.4 Å². The van der Waals surface area contributed by atoms with Crippen LogP contribution in [0.5, 0.6) is 0 Å². The van der Waals surface area contributed by atoms with Gasteiger partial charge in [0.05, 0.1) is 23.9 Å². The molecule has 7 heteroatoms. The van der Waals surface area contributed by atoms with Crippen molar-refractivity contribution in [3.8, 4) is 0 Å². The molecule has 0 heterocycles. The molecule has 1 aromatic carbocycles. The van der Waals surface area contributed by atoms with Crippen molar-refractivity contribution in [1.29, 1.82) is 0 Å². The molecule has 1 amide bonds. The number of rotatable bonds is 8. The normalized spacial score (nSPS) is 10.2. The Bertz CT molecular complexity index is 497. The predicted molar refractivity (Wildman–Crippen MR) is 86.5 cm³/mol. The Morgan fingerprint density at radius 1 is 1.38 bits per heavy atom. The second-order valence-corrected chi connectivity index (χ2v) is 5.58. The summed E-state index contributed by atoms with van der Waals surface area (Å²) in [6.07, 6.45) is 0.978. The van der Waals surface area contributed by atoms with Gasteiger partial charge < -0.3 is 15.4 Å². The minimum atomic E-state index is -0.217. The first-order valence-electron chi connectivity index (χ1n) is 6.64. The molecule has 0 radical (unpaired) electrons. The Morgan fingerprint density at radius 2 is 2.14 bits per heavy atom. The molecule has 0 unspecified atom stereocenters. The lowest BCUT2D eigenvalue weighted by molar-refractivity contribution is -0.143. The van der Waals surface area contributed by atoms with Gasteiger partial charge in [-0.05, 0) is 38.1 Å². The molecule has 116 valence electrons. The summed E-state index contributed by atoms with van der Waals surface area (Å²) in [6.45, 7) is 2.89. The van der Waals surface area contributed by atoms with Crippen LogP contribution in [0.1, 0.15) is 19.8 Å². The number of anilines is 1. The lowest BCUT2D eigenvalue weighted by Gasteiger charge is -2.08. The van der Waals surface area contributed by atoms with Gasteiger partial charge >= 0.3 is 5.97 Å². The van der Waals surface area contributed by atoms with Gasteiger partial charge in [0.1, 0.15) is 0 Å². The summed E-state index contributed by atoms with van der Waals surface area (Å²) in [5.74, 6) is -0.402. The zero-order chi connectivity index (χ0) is 15.7. The zero-order valence-corrected chi connectivity index (χ0v) is 14.1. The molecular weight excluding hydrogens is 360 g/mol. The van der Waals surface area contributed by atoms with Crippen molar-refractivity contribution in [2.75, 3.05) is 25.0 Å². The Hall–Kier alpha value is -1.11. The van der Waals surface area contributed by atoms with Crippen LogP contribution in [0.15, 0.2) is 22.7 Å². The predicted octanol–water partition coefficient (Wildman–Crippen LogP) is 2.97. The van der Waals surface area contributed by atoms with Crippen molar-refractivity contribution in [2.45, 2.75) is 19.8 Å². The van der Waals surface area contributed by atoms with Gasteiger partial charge in [-0.3, -0.25) is 9.59 Å². The minimum Gasteiger partial charge on any atom is -0.466 e. The summed E-state index contributed by atoms with van der Waals surface area (Å²) >= 11 is 9.30. The summed E-state index contributed by atoms with van der Waals surface area (Å²) in [5.41, 5.74) is 0.568. The fraction of sp³-hybridized carbons (Fsp3) is 0.429. The Labute approximate surface area is 137 Å². The fourth-order valence-corrected chi connectivity index (χ4v) is 2.30. The Kier molecular flexibility index (Phi) is 8.34. The number of amides is 1. The second kappa shape index (κ2) is 9.76.